The minimum atomic E-state index is -0.385. The largest absolute Gasteiger partial charge is 0.480 e. The van der Waals surface area contributed by atoms with Crippen molar-refractivity contribution < 1.29 is 9.53 Å². The van der Waals surface area contributed by atoms with Crippen molar-refractivity contribution in [2.24, 2.45) is 5.10 Å². The molecule has 0 aliphatic rings. The van der Waals surface area contributed by atoms with E-state index in [1.165, 1.54) is 6.21 Å². The molecule has 22 heavy (non-hydrogen) atoms. The summed E-state index contributed by atoms with van der Waals surface area (Å²) in [7, 11) is 0. The highest BCUT2D eigenvalue weighted by Crippen LogP contribution is 2.16. The Morgan fingerprint density at radius 3 is 2.77 bits per heavy atom. The Kier molecular flexibility index (Phi) is 5.58. The van der Waals surface area contributed by atoms with Crippen LogP contribution in [0.25, 0.3) is 0 Å². The maximum absolute atomic E-state index is 11.9. The first-order chi connectivity index (χ1) is 10.7. The van der Waals surface area contributed by atoms with Crippen molar-refractivity contribution in [3.8, 4) is 18.1 Å². The molecule has 2 rings (SSSR count). The van der Waals surface area contributed by atoms with Gasteiger partial charge in [0.2, 0.25) is 0 Å². The van der Waals surface area contributed by atoms with E-state index in [4.69, 9.17) is 22.8 Å². The van der Waals surface area contributed by atoms with Crippen molar-refractivity contribution >= 4 is 23.7 Å². The molecule has 0 aromatic heterocycles. The molecule has 5 heteroatoms. The molecular weight excluding hydrogens is 300 g/mol. The van der Waals surface area contributed by atoms with E-state index in [1.807, 2.05) is 12.1 Å². The highest BCUT2D eigenvalue weighted by molar-refractivity contribution is 6.33. The van der Waals surface area contributed by atoms with Crippen molar-refractivity contribution in [2.45, 2.75) is 0 Å². The van der Waals surface area contributed by atoms with Crippen molar-refractivity contribution in [1.29, 1.82) is 0 Å². The van der Waals surface area contributed by atoms with Gasteiger partial charge in [0.25, 0.3) is 5.91 Å². The lowest BCUT2D eigenvalue weighted by atomic mass is 10.2. The van der Waals surface area contributed by atoms with Gasteiger partial charge < -0.3 is 4.74 Å². The number of terminal acetylenes is 1. The van der Waals surface area contributed by atoms with Crippen molar-refractivity contribution in [2.75, 3.05) is 6.61 Å². The van der Waals surface area contributed by atoms with E-state index in [0.29, 0.717) is 21.9 Å². The number of carbonyl (C=O) groups is 1. The van der Waals surface area contributed by atoms with Gasteiger partial charge in [-0.15, -0.1) is 6.42 Å². The van der Waals surface area contributed by atoms with Gasteiger partial charge in [0.1, 0.15) is 12.4 Å². The average molecular weight is 313 g/mol. The van der Waals surface area contributed by atoms with Crippen LogP contribution in [0.5, 0.6) is 5.75 Å². The van der Waals surface area contributed by atoms with Crippen molar-refractivity contribution in [3.63, 3.8) is 0 Å². The van der Waals surface area contributed by atoms with Crippen LogP contribution in [0, 0.1) is 12.3 Å². The second-order valence-corrected chi connectivity index (χ2v) is 4.62. The van der Waals surface area contributed by atoms with E-state index in [-0.39, 0.29) is 12.5 Å². The first kappa shape index (κ1) is 15.6. The molecule has 0 aliphatic carbocycles. The number of nitrogens with zero attached hydrogens (tertiary/aromatic N) is 1. The van der Waals surface area contributed by atoms with E-state index in [0.717, 1.165) is 0 Å². The number of amides is 1. The Bertz CT molecular complexity index is 735. The van der Waals surface area contributed by atoms with Gasteiger partial charge in [-0.3, -0.25) is 4.79 Å². The topological polar surface area (TPSA) is 50.7 Å². The number of hydrazone groups is 1. The number of benzene rings is 2. The van der Waals surface area contributed by atoms with Crippen LogP contribution in [0.1, 0.15) is 15.9 Å². The SMILES string of the molecule is C#CCOc1ccccc1C=NNC(=O)c1ccccc1Cl. The molecule has 0 spiro atoms. The van der Waals surface area contributed by atoms with E-state index in [2.05, 4.69) is 16.4 Å². The van der Waals surface area contributed by atoms with Gasteiger partial charge in [0.05, 0.1) is 16.8 Å². The van der Waals surface area contributed by atoms with Gasteiger partial charge in [-0.2, -0.15) is 5.10 Å². The van der Waals surface area contributed by atoms with Crippen LogP contribution in [-0.2, 0) is 0 Å². The number of para-hydroxylation sites is 1. The fourth-order valence-corrected chi connectivity index (χ4v) is 1.93. The van der Waals surface area contributed by atoms with Crippen LogP contribution in [-0.4, -0.2) is 18.7 Å². The molecule has 0 atom stereocenters. The lowest BCUT2D eigenvalue weighted by Gasteiger charge is -2.05. The number of hydrogen-bond acceptors (Lipinski definition) is 3. The Labute approximate surface area is 133 Å². The summed E-state index contributed by atoms with van der Waals surface area (Å²) in [5, 5.41) is 4.28. The Morgan fingerprint density at radius 2 is 2.00 bits per heavy atom. The van der Waals surface area contributed by atoms with Crippen LogP contribution < -0.4 is 10.2 Å². The van der Waals surface area contributed by atoms with Crippen LogP contribution >= 0.6 is 11.6 Å². The molecule has 0 saturated carbocycles. The molecule has 1 N–H and O–H groups in total. The van der Waals surface area contributed by atoms with Crippen LogP contribution in [0.2, 0.25) is 5.02 Å². The van der Waals surface area contributed by atoms with Crippen LogP contribution in [0.15, 0.2) is 53.6 Å². The van der Waals surface area contributed by atoms with E-state index >= 15 is 0 Å². The molecule has 4 nitrogen and oxygen atoms in total. The quantitative estimate of drug-likeness (QED) is 0.524. The van der Waals surface area contributed by atoms with Gasteiger partial charge in [-0.05, 0) is 24.3 Å². The predicted molar refractivity (Wildman–Crippen MR) is 87.3 cm³/mol. The summed E-state index contributed by atoms with van der Waals surface area (Å²) in [5.74, 6) is 2.60. The summed E-state index contributed by atoms with van der Waals surface area (Å²) in [4.78, 5) is 11.9. The van der Waals surface area contributed by atoms with Gasteiger partial charge in [0, 0.05) is 5.56 Å². The highest BCUT2D eigenvalue weighted by Gasteiger charge is 2.08. The second kappa shape index (κ2) is 7.87. The molecule has 2 aromatic carbocycles. The van der Waals surface area contributed by atoms with Crippen LogP contribution in [0.4, 0.5) is 0 Å². The van der Waals surface area contributed by atoms with E-state index < -0.39 is 0 Å². The van der Waals surface area contributed by atoms with Gasteiger partial charge in [-0.1, -0.05) is 41.8 Å². The minimum absolute atomic E-state index is 0.164. The lowest BCUT2D eigenvalue weighted by Crippen LogP contribution is -2.18. The third kappa shape index (κ3) is 4.11. The first-order valence-corrected chi connectivity index (χ1v) is 6.83. The van der Waals surface area contributed by atoms with E-state index in [9.17, 15) is 4.79 Å². The molecule has 0 bridgehead atoms. The van der Waals surface area contributed by atoms with Gasteiger partial charge in [-0.25, -0.2) is 5.43 Å². The molecular formula is C17H13ClN2O2. The monoisotopic (exact) mass is 312 g/mol. The normalized spacial score (nSPS) is 10.2. The molecule has 2 aromatic rings. The third-order valence-electron chi connectivity index (χ3n) is 2.72. The zero-order chi connectivity index (χ0) is 15.8. The third-order valence-corrected chi connectivity index (χ3v) is 3.05. The maximum atomic E-state index is 11.9. The summed E-state index contributed by atoms with van der Waals surface area (Å²) in [5.41, 5.74) is 3.49. The van der Waals surface area contributed by atoms with Crippen molar-refractivity contribution in [3.05, 3.63) is 64.7 Å². The fourth-order valence-electron chi connectivity index (χ4n) is 1.70. The van der Waals surface area contributed by atoms with Crippen molar-refractivity contribution in [1.82, 2.24) is 5.43 Å². The summed E-state index contributed by atoms with van der Waals surface area (Å²) in [6.45, 7) is 0.164. The predicted octanol–water partition coefficient (Wildman–Crippen LogP) is 3.12. The smallest absolute Gasteiger partial charge is 0.272 e. The Morgan fingerprint density at radius 1 is 1.27 bits per heavy atom. The summed E-state index contributed by atoms with van der Waals surface area (Å²) in [6, 6.07) is 14.0. The molecule has 0 unspecified atom stereocenters. The second-order valence-electron chi connectivity index (χ2n) is 4.21. The molecule has 0 heterocycles. The number of nitrogens with one attached hydrogen (secondary N) is 1. The Hall–Kier alpha value is -2.77. The zero-order valence-corrected chi connectivity index (χ0v) is 12.4. The molecule has 1 amide bonds. The highest BCUT2D eigenvalue weighted by atomic mass is 35.5. The summed E-state index contributed by atoms with van der Waals surface area (Å²) >= 11 is 5.95. The number of hydrogen-bond donors (Lipinski definition) is 1. The van der Waals surface area contributed by atoms with E-state index in [1.54, 1.807) is 36.4 Å². The Balaban J connectivity index is 2.06. The number of carbonyl (C=O) groups excluding carboxylic acids is 1. The molecule has 0 radical (unpaired) electrons. The van der Waals surface area contributed by atoms with Crippen LogP contribution in [0.3, 0.4) is 0 Å². The summed E-state index contributed by atoms with van der Waals surface area (Å²) < 4.78 is 5.39. The first-order valence-electron chi connectivity index (χ1n) is 6.45. The summed E-state index contributed by atoms with van der Waals surface area (Å²) in [6.07, 6.45) is 6.65. The molecule has 0 fully saturated rings. The average Bonchev–Trinajstić information content (AvgIpc) is 2.54. The molecule has 0 aliphatic heterocycles. The lowest BCUT2D eigenvalue weighted by molar-refractivity contribution is 0.0955. The number of halogens is 1. The zero-order valence-electron chi connectivity index (χ0n) is 11.6. The van der Waals surface area contributed by atoms with Gasteiger partial charge in [0.15, 0.2) is 0 Å². The minimum Gasteiger partial charge on any atom is -0.480 e. The number of rotatable bonds is 5. The van der Waals surface area contributed by atoms with Gasteiger partial charge >= 0.3 is 0 Å². The molecule has 110 valence electrons. The maximum Gasteiger partial charge on any atom is 0.272 e. The molecule has 0 saturated heterocycles. The number of ether oxygens (including phenoxy) is 1. The standard InChI is InChI=1S/C17H13ClN2O2/c1-2-11-22-16-10-6-3-7-13(16)12-19-20-17(21)14-8-4-5-9-15(14)18/h1,3-10,12H,11H2,(H,20,21). The fraction of sp³-hybridized carbons (Fsp3) is 0.0588.